The van der Waals surface area contributed by atoms with E-state index in [0.29, 0.717) is 19.8 Å². The molecular weight excluding hydrogens is 326 g/mol. The molecule has 0 amide bonds. The molecule has 20 heavy (non-hydrogen) atoms. The van der Waals surface area contributed by atoms with Gasteiger partial charge in [-0.25, -0.2) is 0 Å². The van der Waals surface area contributed by atoms with Crippen LogP contribution in [0, 0.1) is 0 Å². The summed E-state index contributed by atoms with van der Waals surface area (Å²) in [5.41, 5.74) is 1.04. The van der Waals surface area contributed by atoms with Crippen molar-refractivity contribution in [1.29, 1.82) is 0 Å². The van der Waals surface area contributed by atoms with E-state index in [0.717, 1.165) is 22.3 Å². The predicted molar refractivity (Wildman–Crippen MR) is 78.0 cm³/mol. The van der Waals surface area contributed by atoms with E-state index < -0.39 is 5.97 Å². The van der Waals surface area contributed by atoms with Crippen LogP contribution in [0.4, 0.5) is 0 Å². The van der Waals surface area contributed by atoms with Crippen LogP contribution < -0.4 is 4.74 Å². The SMILES string of the molecule is COc1ccc(Br)cc1CN1CCOCC1CC(=O)O. The Kier molecular flexibility index (Phi) is 5.39. The standard InChI is InChI=1S/C14H18BrNO4/c1-19-13-3-2-11(15)6-10(13)8-16-4-5-20-9-12(16)7-14(17)18/h2-3,6,12H,4-5,7-9H2,1H3,(H,17,18). The molecule has 2 rings (SSSR count). The Balaban J connectivity index is 2.13. The monoisotopic (exact) mass is 343 g/mol. The second-order valence-corrected chi connectivity index (χ2v) is 5.67. The first-order chi connectivity index (χ1) is 9.60. The Labute approximate surface area is 126 Å². The second-order valence-electron chi connectivity index (χ2n) is 4.75. The molecule has 0 aromatic heterocycles. The van der Waals surface area contributed by atoms with Crippen LogP contribution in [0.5, 0.6) is 5.75 Å². The number of halogens is 1. The lowest BCUT2D eigenvalue weighted by atomic mass is 10.1. The van der Waals surface area contributed by atoms with Gasteiger partial charge >= 0.3 is 5.97 Å². The number of morpholine rings is 1. The second kappa shape index (κ2) is 7.06. The molecule has 1 aliphatic rings. The average Bonchev–Trinajstić information content (AvgIpc) is 2.41. The van der Waals surface area contributed by atoms with Gasteiger partial charge in [0.25, 0.3) is 0 Å². The van der Waals surface area contributed by atoms with Gasteiger partial charge in [-0.1, -0.05) is 15.9 Å². The maximum atomic E-state index is 10.9. The summed E-state index contributed by atoms with van der Waals surface area (Å²) in [4.78, 5) is 13.1. The highest BCUT2D eigenvalue weighted by molar-refractivity contribution is 9.10. The summed E-state index contributed by atoms with van der Waals surface area (Å²) in [6.07, 6.45) is 0.0936. The molecule has 1 atom stereocenters. The quantitative estimate of drug-likeness (QED) is 0.887. The lowest BCUT2D eigenvalue weighted by molar-refractivity contribution is -0.140. The van der Waals surface area contributed by atoms with E-state index in [1.54, 1.807) is 7.11 Å². The third-order valence-corrected chi connectivity index (χ3v) is 3.87. The lowest BCUT2D eigenvalue weighted by Crippen LogP contribution is -2.45. The van der Waals surface area contributed by atoms with Gasteiger partial charge in [-0.15, -0.1) is 0 Å². The fraction of sp³-hybridized carbons (Fsp3) is 0.500. The first-order valence-electron chi connectivity index (χ1n) is 6.46. The van der Waals surface area contributed by atoms with Gasteiger partial charge in [-0.3, -0.25) is 9.69 Å². The minimum atomic E-state index is -0.799. The molecule has 1 aliphatic heterocycles. The Morgan fingerprint density at radius 1 is 1.60 bits per heavy atom. The molecule has 6 heteroatoms. The van der Waals surface area contributed by atoms with Crippen LogP contribution in [-0.4, -0.2) is 48.9 Å². The van der Waals surface area contributed by atoms with Crippen molar-refractivity contribution in [3.8, 4) is 5.75 Å². The molecule has 0 saturated carbocycles. The first-order valence-corrected chi connectivity index (χ1v) is 7.25. The van der Waals surface area contributed by atoms with E-state index in [1.807, 2.05) is 18.2 Å². The highest BCUT2D eigenvalue weighted by atomic mass is 79.9. The van der Waals surface area contributed by atoms with E-state index in [4.69, 9.17) is 14.6 Å². The molecule has 1 saturated heterocycles. The van der Waals surface area contributed by atoms with Crippen LogP contribution >= 0.6 is 15.9 Å². The smallest absolute Gasteiger partial charge is 0.305 e. The Morgan fingerprint density at radius 2 is 2.40 bits per heavy atom. The molecule has 0 spiro atoms. The number of hydrogen-bond donors (Lipinski definition) is 1. The van der Waals surface area contributed by atoms with Crippen LogP contribution in [-0.2, 0) is 16.1 Å². The zero-order valence-electron chi connectivity index (χ0n) is 11.3. The summed E-state index contributed by atoms with van der Waals surface area (Å²) in [5.74, 6) is 0.0143. The molecule has 0 radical (unpaired) electrons. The van der Waals surface area contributed by atoms with Gasteiger partial charge in [-0.05, 0) is 18.2 Å². The van der Waals surface area contributed by atoms with Gasteiger partial charge in [0.2, 0.25) is 0 Å². The van der Waals surface area contributed by atoms with E-state index in [9.17, 15) is 4.79 Å². The van der Waals surface area contributed by atoms with E-state index in [1.165, 1.54) is 0 Å². The fourth-order valence-electron chi connectivity index (χ4n) is 2.38. The molecule has 0 aliphatic carbocycles. The number of methoxy groups -OCH3 is 1. The summed E-state index contributed by atoms with van der Waals surface area (Å²) in [6.45, 7) is 2.48. The summed E-state index contributed by atoms with van der Waals surface area (Å²) < 4.78 is 11.7. The maximum Gasteiger partial charge on any atom is 0.305 e. The molecule has 1 heterocycles. The number of carboxylic acids is 1. The number of rotatable bonds is 5. The zero-order valence-corrected chi connectivity index (χ0v) is 12.9. The zero-order chi connectivity index (χ0) is 14.5. The third-order valence-electron chi connectivity index (χ3n) is 3.38. The van der Waals surface area contributed by atoms with Crippen molar-refractivity contribution >= 4 is 21.9 Å². The Morgan fingerprint density at radius 3 is 3.10 bits per heavy atom. The lowest BCUT2D eigenvalue weighted by Gasteiger charge is -2.35. The summed E-state index contributed by atoms with van der Waals surface area (Å²) in [7, 11) is 1.64. The molecule has 5 nitrogen and oxygen atoms in total. The van der Waals surface area contributed by atoms with Crippen LogP contribution in [0.2, 0.25) is 0 Å². The Hall–Kier alpha value is -1.11. The van der Waals surface area contributed by atoms with Gasteiger partial charge < -0.3 is 14.6 Å². The van der Waals surface area contributed by atoms with Gasteiger partial charge in [0, 0.05) is 29.2 Å². The predicted octanol–water partition coefficient (Wildman–Crippen LogP) is 2.13. The number of carbonyl (C=O) groups is 1. The molecule has 1 aromatic carbocycles. The summed E-state index contributed by atoms with van der Waals surface area (Å²) in [6, 6.07) is 5.75. The molecule has 0 bridgehead atoms. The molecule has 1 N–H and O–H groups in total. The summed E-state index contributed by atoms with van der Waals surface area (Å²) in [5, 5.41) is 8.98. The Bertz CT molecular complexity index is 480. The van der Waals surface area contributed by atoms with Crippen molar-refractivity contribution in [2.45, 2.75) is 19.0 Å². The number of benzene rings is 1. The van der Waals surface area contributed by atoms with Crippen molar-refractivity contribution < 1.29 is 19.4 Å². The number of nitrogens with zero attached hydrogens (tertiary/aromatic N) is 1. The van der Waals surface area contributed by atoms with Crippen molar-refractivity contribution in [1.82, 2.24) is 4.90 Å². The van der Waals surface area contributed by atoms with Gasteiger partial charge in [0.15, 0.2) is 0 Å². The van der Waals surface area contributed by atoms with Crippen LogP contribution in [0.1, 0.15) is 12.0 Å². The van der Waals surface area contributed by atoms with Gasteiger partial charge in [0.05, 0.1) is 26.7 Å². The van der Waals surface area contributed by atoms with Crippen molar-refractivity contribution in [3.05, 3.63) is 28.2 Å². The van der Waals surface area contributed by atoms with Crippen molar-refractivity contribution in [3.63, 3.8) is 0 Å². The number of hydrogen-bond acceptors (Lipinski definition) is 4. The topological polar surface area (TPSA) is 59.0 Å². The van der Waals surface area contributed by atoms with E-state index in [2.05, 4.69) is 20.8 Å². The van der Waals surface area contributed by atoms with E-state index >= 15 is 0 Å². The van der Waals surface area contributed by atoms with Crippen molar-refractivity contribution in [2.24, 2.45) is 0 Å². The number of aliphatic carboxylic acids is 1. The highest BCUT2D eigenvalue weighted by Crippen LogP contribution is 2.26. The van der Waals surface area contributed by atoms with Gasteiger partial charge in [-0.2, -0.15) is 0 Å². The molecule has 1 aromatic rings. The molecule has 1 unspecified atom stereocenters. The third kappa shape index (κ3) is 3.94. The average molecular weight is 344 g/mol. The molecule has 1 fully saturated rings. The molecular formula is C14H18BrNO4. The maximum absolute atomic E-state index is 10.9. The largest absolute Gasteiger partial charge is 0.496 e. The van der Waals surface area contributed by atoms with Crippen LogP contribution in [0.3, 0.4) is 0 Å². The number of carboxylic acid groups (broad SMARTS) is 1. The van der Waals surface area contributed by atoms with E-state index in [-0.39, 0.29) is 12.5 Å². The van der Waals surface area contributed by atoms with Crippen molar-refractivity contribution in [2.75, 3.05) is 26.9 Å². The van der Waals surface area contributed by atoms with Crippen LogP contribution in [0.15, 0.2) is 22.7 Å². The van der Waals surface area contributed by atoms with Crippen LogP contribution in [0.25, 0.3) is 0 Å². The highest BCUT2D eigenvalue weighted by Gasteiger charge is 2.26. The summed E-state index contributed by atoms with van der Waals surface area (Å²) >= 11 is 3.45. The normalized spacial score (nSPS) is 19.8. The minimum Gasteiger partial charge on any atom is -0.496 e. The van der Waals surface area contributed by atoms with Gasteiger partial charge in [0.1, 0.15) is 5.75 Å². The fourth-order valence-corrected chi connectivity index (χ4v) is 2.78. The first kappa shape index (κ1) is 15.3. The molecule has 110 valence electrons. The number of ether oxygens (including phenoxy) is 2. The minimum absolute atomic E-state index is 0.0927.